The second kappa shape index (κ2) is 19.8. The summed E-state index contributed by atoms with van der Waals surface area (Å²) in [5.41, 5.74) is 1.71. The van der Waals surface area contributed by atoms with Gasteiger partial charge in [0.05, 0.1) is 6.61 Å². The first-order valence-corrected chi connectivity index (χ1v) is 13.5. The minimum atomic E-state index is -1.17. The number of aliphatic hydroxyl groups is 2. The van der Waals surface area contributed by atoms with Crippen LogP contribution < -0.4 is 16.0 Å². The summed E-state index contributed by atoms with van der Waals surface area (Å²) in [5.74, 6) is -0.766. The van der Waals surface area contributed by atoms with Crippen LogP contribution in [0.3, 0.4) is 0 Å². The quantitative estimate of drug-likeness (QED) is 0.102. The lowest BCUT2D eigenvalue weighted by Crippen LogP contribution is -2.48. The van der Waals surface area contributed by atoms with Gasteiger partial charge in [-0.3, -0.25) is 9.59 Å². The molecule has 0 bridgehead atoms. The maximum absolute atomic E-state index is 12.8. The summed E-state index contributed by atoms with van der Waals surface area (Å²) in [5, 5.41) is 25.6. The number of aliphatic hydroxyl groups excluding tert-OH is 2. The number of rotatable bonds is 18. The highest BCUT2D eigenvalue weighted by atomic mass is 16.6. The van der Waals surface area contributed by atoms with E-state index >= 15 is 0 Å². The molecule has 0 spiro atoms. The molecule has 2 aromatic rings. The summed E-state index contributed by atoms with van der Waals surface area (Å²) < 4.78 is 15.2. The van der Waals surface area contributed by atoms with Crippen LogP contribution in [0.25, 0.3) is 0 Å². The minimum Gasteiger partial charge on any atom is -0.461 e. The number of benzene rings is 2. The fourth-order valence-electron chi connectivity index (χ4n) is 3.53. The third-order valence-electron chi connectivity index (χ3n) is 5.75. The highest BCUT2D eigenvalue weighted by molar-refractivity contribution is 5.85. The molecular weight excluding hydrogens is 534 g/mol. The van der Waals surface area contributed by atoms with E-state index in [1.165, 1.54) is 0 Å². The molecule has 0 saturated heterocycles. The van der Waals surface area contributed by atoms with Crippen LogP contribution >= 0.6 is 0 Å². The lowest BCUT2D eigenvalue weighted by atomic mass is 10.1. The first-order valence-electron chi connectivity index (χ1n) is 13.5. The standard InChI is InChI=1S/C29H39N3O9/c33-18-24(34)21-41-28(37)31-17-16-30-27(36)25(32-29(38)40-20-23-12-6-2-7-13-23)14-8-3-9-15-26(35)39-19-22-10-4-1-5-11-22/h1-2,4-7,10-13,24-25,33-34H,3,8-9,14-21H2,(H,30,36)(H,31,37)(H,32,38)/t24-,25+/m1/s1. The number of carbonyl (C=O) groups is 4. The van der Waals surface area contributed by atoms with Crippen molar-refractivity contribution >= 4 is 24.1 Å². The van der Waals surface area contributed by atoms with Gasteiger partial charge in [0.2, 0.25) is 5.91 Å². The molecule has 0 aromatic heterocycles. The zero-order valence-corrected chi connectivity index (χ0v) is 23.0. The van der Waals surface area contributed by atoms with Crippen molar-refractivity contribution < 1.29 is 43.6 Å². The summed E-state index contributed by atoms with van der Waals surface area (Å²) in [4.78, 5) is 48.8. The van der Waals surface area contributed by atoms with Crippen molar-refractivity contribution in [2.24, 2.45) is 0 Å². The van der Waals surface area contributed by atoms with E-state index in [1.807, 2.05) is 60.7 Å². The van der Waals surface area contributed by atoms with Gasteiger partial charge in [0.25, 0.3) is 0 Å². The number of unbranched alkanes of at least 4 members (excludes halogenated alkanes) is 2. The van der Waals surface area contributed by atoms with Crippen LogP contribution in [0.2, 0.25) is 0 Å². The Hall–Kier alpha value is -4.16. The fraction of sp³-hybridized carbons (Fsp3) is 0.448. The van der Waals surface area contributed by atoms with Gasteiger partial charge in [0.15, 0.2) is 0 Å². The number of ether oxygens (including phenoxy) is 3. The first kappa shape index (κ1) is 33.0. The predicted molar refractivity (Wildman–Crippen MR) is 148 cm³/mol. The summed E-state index contributed by atoms with van der Waals surface area (Å²) in [6, 6.07) is 17.6. The molecule has 0 unspecified atom stereocenters. The highest BCUT2D eigenvalue weighted by Gasteiger charge is 2.21. The van der Waals surface area contributed by atoms with Crippen LogP contribution in [-0.2, 0) is 37.0 Å². The summed E-state index contributed by atoms with van der Waals surface area (Å²) >= 11 is 0. The van der Waals surface area contributed by atoms with E-state index in [2.05, 4.69) is 16.0 Å². The molecule has 12 nitrogen and oxygen atoms in total. The summed E-state index contributed by atoms with van der Waals surface area (Å²) in [6.45, 7) is -0.547. The largest absolute Gasteiger partial charge is 0.461 e. The summed E-state index contributed by atoms with van der Waals surface area (Å²) in [7, 11) is 0. The average Bonchev–Trinajstić information content (AvgIpc) is 3.00. The predicted octanol–water partition coefficient (Wildman–Crippen LogP) is 2.17. The van der Waals surface area contributed by atoms with Gasteiger partial charge >= 0.3 is 18.2 Å². The Labute approximate surface area is 239 Å². The number of alkyl carbamates (subject to hydrolysis) is 2. The Balaban J connectivity index is 1.74. The molecule has 2 atom stereocenters. The smallest absolute Gasteiger partial charge is 0.408 e. The van der Waals surface area contributed by atoms with Gasteiger partial charge in [0.1, 0.15) is 32.0 Å². The normalized spacial score (nSPS) is 12.0. The van der Waals surface area contributed by atoms with Gasteiger partial charge in [-0.25, -0.2) is 9.59 Å². The molecule has 5 N–H and O–H groups in total. The van der Waals surface area contributed by atoms with Crippen molar-refractivity contribution in [3.8, 4) is 0 Å². The van der Waals surface area contributed by atoms with Crippen molar-refractivity contribution in [2.45, 2.75) is 57.5 Å². The van der Waals surface area contributed by atoms with E-state index < -0.39 is 36.8 Å². The van der Waals surface area contributed by atoms with E-state index in [9.17, 15) is 24.3 Å². The van der Waals surface area contributed by atoms with Crippen LogP contribution in [0.4, 0.5) is 9.59 Å². The highest BCUT2D eigenvalue weighted by Crippen LogP contribution is 2.09. The molecule has 224 valence electrons. The number of esters is 1. The molecule has 41 heavy (non-hydrogen) atoms. The number of hydrogen-bond acceptors (Lipinski definition) is 9. The lowest BCUT2D eigenvalue weighted by molar-refractivity contribution is -0.145. The van der Waals surface area contributed by atoms with Gasteiger partial charge in [-0.05, 0) is 24.0 Å². The van der Waals surface area contributed by atoms with Crippen molar-refractivity contribution in [3.63, 3.8) is 0 Å². The zero-order chi connectivity index (χ0) is 29.7. The molecule has 3 amide bonds. The molecule has 0 aliphatic heterocycles. The van der Waals surface area contributed by atoms with E-state index in [0.29, 0.717) is 25.7 Å². The van der Waals surface area contributed by atoms with Crippen LogP contribution in [0.15, 0.2) is 60.7 Å². The number of amides is 3. The van der Waals surface area contributed by atoms with Crippen LogP contribution in [0.5, 0.6) is 0 Å². The Morgan fingerprint density at radius 2 is 1.34 bits per heavy atom. The SMILES string of the molecule is O=C(CCCCC[C@H](NC(=O)OCc1ccccc1)C(=O)NCCNC(=O)OC[C@H](O)CO)OCc1ccccc1. The number of carbonyl (C=O) groups excluding carboxylic acids is 4. The fourth-order valence-corrected chi connectivity index (χ4v) is 3.53. The maximum atomic E-state index is 12.8. The Morgan fingerprint density at radius 1 is 0.732 bits per heavy atom. The van der Waals surface area contributed by atoms with Crippen LogP contribution in [0.1, 0.15) is 43.2 Å². The molecule has 0 fully saturated rings. The molecule has 0 aliphatic carbocycles. The molecule has 2 aromatic carbocycles. The second-order valence-corrected chi connectivity index (χ2v) is 9.16. The third kappa shape index (κ3) is 15.3. The molecule has 0 aliphatic rings. The molecule has 12 heteroatoms. The summed E-state index contributed by atoms with van der Waals surface area (Å²) in [6.07, 6.45) is -0.423. The Kier molecular flexibility index (Phi) is 16.0. The van der Waals surface area contributed by atoms with Gasteiger partial charge in [0, 0.05) is 19.5 Å². The van der Waals surface area contributed by atoms with Crippen LogP contribution in [-0.4, -0.2) is 72.7 Å². The van der Waals surface area contributed by atoms with E-state index in [1.54, 1.807) is 0 Å². The van der Waals surface area contributed by atoms with E-state index in [-0.39, 0.29) is 45.3 Å². The Bertz CT molecular complexity index is 1050. The van der Waals surface area contributed by atoms with Gasteiger partial charge in [-0.2, -0.15) is 0 Å². The first-order chi connectivity index (χ1) is 19.9. The van der Waals surface area contributed by atoms with Crippen LogP contribution in [0, 0.1) is 0 Å². The lowest BCUT2D eigenvalue weighted by Gasteiger charge is -2.18. The Morgan fingerprint density at radius 3 is 1.98 bits per heavy atom. The van der Waals surface area contributed by atoms with Gasteiger partial charge < -0.3 is 40.4 Å². The van der Waals surface area contributed by atoms with Crippen molar-refractivity contribution in [1.82, 2.24) is 16.0 Å². The number of hydrogen-bond donors (Lipinski definition) is 5. The minimum absolute atomic E-state index is 0.0378. The molecular formula is C29H39N3O9. The zero-order valence-electron chi connectivity index (χ0n) is 23.0. The van der Waals surface area contributed by atoms with E-state index in [4.69, 9.17) is 19.3 Å². The average molecular weight is 574 g/mol. The van der Waals surface area contributed by atoms with E-state index in [0.717, 1.165) is 11.1 Å². The monoisotopic (exact) mass is 573 g/mol. The second-order valence-electron chi connectivity index (χ2n) is 9.16. The number of nitrogens with one attached hydrogen (secondary N) is 3. The molecule has 0 heterocycles. The van der Waals surface area contributed by atoms with Gasteiger partial charge in [-0.1, -0.05) is 73.5 Å². The third-order valence-corrected chi connectivity index (χ3v) is 5.75. The molecule has 0 radical (unpaired) electrons. The van der Waals surface area contributed by atoms with Gasteiger partial charge in [-0.15, -0.1) is 0 Å². The topological polar surface area (TPSA) is 173 Å². The maximum Gasteiger partial charge on any atom is 0.408 e. The van der Waals surface area contributed by atoms with Crippen molar-refractivity contribution in [2.75, 3.05) is 26.3 Å². The van der Waals surface area contributed by atoms with Crippen molar-refractivity contribution in [3.05, 3.63) is 71.8 Å². The van der Waals surface area contributed by atoms with Crippen molar-refractivity contribution in [1.29, 1.82) is 0 Å². The molecule has 2 rings (SSSR count). The molecule has 0 saturated carbocycles.